The van der Waals surface area contributed by atoms with Gasteiger partial charge in [-0.2, -0.15) is 0 Å². The van der Waals surface area contributed by atoms with Crippen molar-refractivity contribution in [3.05, 3.63) is 51.6 Å². The van der Waals surface area contributed by atoms with Crippen molar-refractivity contribution in [3.63, 3.8) is 0 Å². The average Bonchev–Trinajstić information content (AvgIpc) is 3.08. The van der Waals surface area contributed by atoms with E-state index in [1.54, 1.807) is 0 Å². The molecule has 2 fully saturated rings. The number of aromatic hydroxyl groups is 2. The first kappa shape index (κ1) is 36.7. The second kappa shape index (κ2) is 13.5. The molecule has 2 heterocycles. The number of benzene rings is 2. The third-order valence-corrected chi connectivity index (χ3v) is 9.87. The van der Waals surface area contributed by atoms with Gasteiger partial charge in [0.25, 0.3) is 0 Å². The van der Waals surface area contributed by atoms with Gasteiger partial charge in [-0.15, -0.1) is 0 Å². The highest BCUT2D eigenvalue weighted by atomic mass is 16.7. The van der Waals surface area contributed by atoms with E-state index in [9.17, 15) is 60.0 Å². The van der Waals surface area contributed by atoms with Crippen LogP contribution in [0.2, 0.25) is 0 Å². The lowest BCUT2D eigenvalue weighted by Crippen LogP contribution is -2.63. The number of Topliss-reactive ketones (excluding diaryl/α,β-unsaturated/α-hetero) is 1. The molecule has 0 bridgehead atoms. The summed E-state index contributed by atoms with van der Waals surface area (Å²) < 4.78 is 28.3. The molecule has 18 nitrogen and oxygen atoms in total. The largest absolute Gasteiger partial charge is 0.507 e. The number of carbonyl (C=O) groups is 4. The first-order valence-corrected chi connectivity index (χ1v) is 15.9. The zero-order valence-corrected chi connectivity index (χ0v) is 27.2. The Balaban J connectivity index is 1.32. The fraction of sp³-hybridized carbons (Fsp3) is 0.515. The smallest absolute Gasteiger partial charge is 0.335 e. The van der Waals surface area contributed by atoms with Crippen molar-refractivity contribution in [2.45, 2.75) is 93.1 Å². The Morgan fingerprint density at radius 3 is 2.29 bits per heavy atom. The molecule has 2 aromatic carbocycles. The summed E-state index contributed by atoms with van der Waals surface area (Å²) in [7, 11) is 1.28. The highest BCUT2D eigenvalue weighted by Crippen LogP contribution is 2.52. The molecule has 4 aliphatic rings. The molecular formula is C33H37NO17. The minimum atomic E-state index is -2.37. The van der Waals surface area contributed by atoms with E-state index in [1.807, 2.05) is 0 Å². The Morgan fingerprint density at radius 1 is 0.980 bits per heavy atom. The SMILES string of the molecule is COc1cccc2c1C(=O)c1c(O)c3c(c(O)c1C2=O)C[C@@](O)(C(=O)CO)C[C@@H]3O[C@H]1C[C@H](N)[C@@H](O[C@@H]2OC(C(=O)O)[C@H](O)[C@H](O)[C@H]2O)[C@H](C)O1. The number of rotatable bonds is 8. The summed E-state index contributed by atoms with van der Waals surface area (Å²) >= 11 is 0. The Labute approximate surface area is 288 Å². The van der Waals surface area contributed by atoms with Gasteiger partial charge in [-0.1, -0.05) is 12.1 Å². The van der Waals surface area contributed by atoms with Crippen LogP contribution in [0.5, 0.6) is 17.2 Å². The van der Waals surface area contributed by atoms with Gasteiger partial charge in [0, 0.05) is 42.0 Å². The molecule has 0 amide bonds. The number of phenolic OH excluding ortho intramolecular Hbond substituents is 2. The van der Waals surface area contributed by atoms with Crippen LogP contribution in [0, 0.1) is 0 Å². The number of fused-ring (bicyclic) bond motifs is 3. The van der Waals surface area contributed by atoms with Crippen LogP contribution in [0.4, 0.5) is 0 Å². The predicted molar refractivity (Wildman–Crippen MR) is 165 cm³/mol. The maximum Gasteiger partial charge on any atom is 0.335 e. The van der Waals surface area contributed by atoms with Gasteiger partial charge in [0.1, 0.15) is 53.9 Å². The van der Waals surface area contributed by atoms with Crippen LogP contribution in [0.3, 0.4) is 0 Å². The minimum Gasteiger partial charge on any atom is -0.507 e. The summed E-state index contributed by atoms with van der Waals surface area (Å²) in [5.41, 5.74) is 2.12. The summed E-state index contributed by atoms with van der Waals surface area (Å²) in [4.78, 5) is 51.9. The van der Waals surface area contributed by atoms with Gasteiger partial charge in [-0.3, -0.25) is 14.4 Å². The standard InChI is InChI=1S/C33H37NO17/c1-10-29(50-32-28(43)26(41)27(42)30(51-32)31(44)45)13(34)6-17(48-10)49-15-8-33(46,16(36)9-35)7-12-19(15)25(40)21-20(23(12)38)22(37)11-4-3-5-14(47-2)18(11)24(21)39/h3-5,10,13,15,17,26-30,32,35,38,40-43,46H,6-9,34H2,1-2H3,(H,44,45)/t10-,13-,15-,17-,26-,27+,28+,29-,30?,32+,33-/m0/s1. The molecule has 2 aliphatic carbocycles. The molecule has 51 heavy (non-hydrogen) atoms. The lowest BCUT2D eigenvalue weighted by Gasteiger charge is -2.45. The molecule has 11 atom stereocenters. The van der Waals surface area contributed by atoms with Gasteiger partial charge < -0.3 is 70.3 Å². The monoisotopic (exact) mass is 719 g/mol. The zero-order chi connectivity index (χ0) is 37.3. The van der Waals surface area contributed by atoms with E-state index in [4.69, 9.17) is 29.4 Å². The quantitative estimate of drug-likeness (QED) is 0.113. The topological polar surface area (TPSA) is 302 Å². The summed E-state index contributed by atoms with van der Waals surface area (Å²) in [6.45, 7) is 0.371. The number of ketones is 3. The van der Waals surface area contributed by atoms with Crippen LogP contribution in [-0.4, -0.2) is 139 Å². The number of aliphatic hydroxyl groups is 5. The number of ether oxygens (including phenoxy) is 5. The molecule has 0 spiro atoms. The molecule has 2 aliphatic heterocycles. The number of methoxy groups -OCH3 is 1. The molecule has 2 aromatic rings. The summed E-state index contributed by atoms with van der Waals surface area (Å²) in [5.74, 6) is -5.87. The van der Waals surface area contributed by atoms with Crippen LogP contribution in [-0.2, 0) is 35.0 Å². The van der Waals surface area contributed by atoms with Gasteiger partial charge in [-0.05, 0) is 13.0 Å². The van der Waals surface area contributed by atoms with Crippen molar-refractivity contribution >= 4 is 23.3 Å². The minimum absolute atomic E-state index is 0.0366. The third kappa shape index (κ3) is 5.96. The Kier molecular flexibility index (Phi) is 9.70. The van der Waals surface area contributed by atoms with Crippen molar-refractivity contribution in [2.24, 2.45) is 5.73 Å². The van der Waals surface area contributed by atoms with Crippen LogP contribution >= 0.6 is 0 Å². The number of carboxylic acid groups (broad SMARTS) is 1. The average molecular weight is 720 g/mol. The molecule has 0 saturated carbocycles. The Hall–Kier alpha value is -4.08. The lowest BCUT2D eigenvalue weighted by atomic mass is 9.72. The summed E-state index contributed by atoms with van der Waals surface area (Å²) in [6, 6.07) is 3.24. The Morgan fingerprint density at radius 2 is 1.67 bits per heavy atom. The number of nitrogens with two attached hydrogens (primary N) is 1. The van der Waals surface area contributed by atoms with Gasteiger partial charge >= 0.3 is 5.97 Å². The highest BCUT2D eigenvalue weighted by Gasteiger charge is 2.52. The molecule has 18 heteroatoms. The van der Waals surface area contributed by atoms with E-state index in [-0.39, 0.29) is 34.4 Å². The van der Waals surface area contributed by atoms with Crippen molar-refractivity contribution < 1.29 is 83.7 Å². The first-order valence-electron chi connectivity index (χ1n) is 15.9. The van der Waals surface area contributed by atoms with Crippen molar-refractivity contribution in [2.75, 3.05) is 13.7 Å². The highest BCUT2D eigenvalue weighted by molar-refractivity contribution is 6.31. The Bertz CT molecular complexity index is 1770. The second-order valence-corrected chi connectivity index (χ2v) is 13.0. The predicted octanol–water partition coefficient (Wildman–Crippen LogP) is -2.08. The first-order chi connectivity index (χ1) is 24.0. The second-order valence-electron chi connectivity index (χ2n) is 13.0. The summed E-state index contributed by atoms with van der Waals surface area (Å²) in [5, 5.41) is 84.2. The summed E-state index contributed by atoms with van der Waals surface area (Å²) in [6.07, 6.45) is -15.8. The number of phenols is 2. The maximum atomic E-state index is 13.8. The number of carbonyl (C=O) groups excluding carboxylic acids is 3. The number of hydrogen-bond donors (Lipinski definition) is 9. The van der Waals surface area contributed by atoms with Gasteiger partial charge in [-0.25, -0.2) is 4.79 Å². The molecule has 10 N–H and O–H groups in total. The van der Waals surface area contributed by atoms with E-state index >= 15 is 0 Å². The molecule has 0 radical (unpaired) electrons. The number of carboxylic acids is 1. The fourth-order valence-electron chi connectivity index (χ4n) is 7.27. The molecule has 1 unspecified atom stereocenters. The van der Waals surface area contributed by atoms with Crippen molar-refractivity contribution in [1.82, 2.24) is 0 Å². The lowest BCUT2D eigenvalue weighted by molar-refractivity contribution is -0.328. The third-order valence-electron chi connectivity index (χ3n) is 9.87. The van der Waals surface area contributed by atoms with Crippen molar-refractivity contribution in [3.8, 4) is 17.2 Å². The normalized spacial score (nSPS) is 34.7. The fourth-order valence-corrected chi connectivity index (χ4v) is 7.27. The number of aliphatic carboxylic acids is 1. The van der Waals surface area contributed by atoms with Gasteiger partial charge in [0.05, 0.1) is 36.0 Å². The van der Waals surface area contributed by atoms with E-state index in [1.165, 1.54) is 32.2 Å². The molecular weight excluding hydrogens is 682 g/mol. The molecule has 276 valence electrons. The number of aliphatic hydroxyl groups excluding tert-OH is 4. The zero-order valence-electron chi connectivity index (χ0n) is 27.2. The molecule has 2 saturated heterocycles. The van der Waals surface area contributed by atoms with Crippen LogP contribution in [0.15, 0.2) is 18.2 Å². The maximum absolute atomic E-state index is 13.8. The van der Waals surface area contributed by atoms with Crippen LogP contribution < -0.4 is 10.5 Å². The van der Waals surface area contributed by atoms with E-state index in [0.717, 1.165) is 0 Å². The van der Waals surface area contributed by atoms with Gasteiger partial charge in [0.2, 0.25) is 5.78 Å². The van der Waals surface area contributed by atoms with E-state index < -0.39 is 132 Å². The van der Waals surface area contributed by atoms with Gasteiger partial charge in [0.15, 0.2) is 30.3 Å². The van der Waals surface area contributed by atoms with E-state index in [0.29, 0.717) is 0 Å². The van der Waals surface area contributed by atoms with Crippen LogP contribution in [0.25, 0.3) is 0 Å². The number of hydrogen-bond acceptors (Lipinski definition) is 17. The molecule has 6 rings (SSSR count). The van der Waals surface area contributed by atoms with Crippen LogP contribution in [0.1, 0.15) is 68.8 Å². The van der Waals surface area contributed by atoms with Crippen molar-refractivity contribution in [1.29, 1.82) is 0 Å². The molecule has 0 aromatic heterocycles. The van der Waals surface area contributed by atoms with E-state index in [2.05, 4.69) is 0 Å².